The fourth-order valence-electron chi connectivity index (χ4n) is 5.81. The summed E-state index contributed by atoms with van der Waals surface area (Å²) in [6.45, 7) is 4.64. The van der Waals surface area contributed by atoms with Gasteiger partial charge >= 0.3 is 0 Å². The van der Waals surface area contributed by atoms with Crippen molar-refractivity contribution in [1.29, 1.82) is 0 Å². The number of nitrogens with zero attached hydrogens (tertiary/aromatic N) is 2. The monoisotopic (exact) mass is 407 g/mol. The summed E-state index contributed by atoms with van der Waals surface area (Å²) in [6.07, 6.45) is 5.57. The van der Waals surface area contributed by atoms with Crippen LogP contribution in [0.3, 0.4) is 0 Å². The molecule has 1 aromatic carbocycles. The van der Waals surface area contributed by atoms with Crippen molar-refractivity contribution in [2.45, 2.75) is 51.3 Å². The first-order valence-electron chi connectivity index (χ1n) is 10.9. The van der Waals surface area contributed by atoms with E-state index in [1.807, 2.05) is 6.92 Å². The summed E-state index contributed by atoms with van der Waals surface area (Å²) in [5, 5.41) is 12.2. The second kappa shape index (κ2) is 6.36. The van der Waals surface area contributed by atoms with Crippen LogP contribution in [-0.4, -0.2) is 40.3 Å². The molecule has 0 radical (unpaired) electrons. The quantitative estimate of drug-likeness (QED) is 0.801. The fraction of sp³-hybridized carbons (Fsp3) is 0.458. The van der Waals surface area contributed by atoms with Crippen LogP contribution in [0.1, 0.15) is 47.7 Å². The maximum atomic E-state index is 14.8. The minimum absolute atomic E-state index is 0.219. The Bertz CT molecular complexity index is 1170. The zero-order valence-electron chi connectivity index (χ0n) is 17.2. The topological polar surface area (TPSA) is 71.6 Å². The average molecular weight is 407 g/mol. The number of aliphatic hydroxyl groups is 1. The third-order valence-electron chi connectivity index (χ3n) is 7.40. The summed E-state index contributed by atoms with van der Waals surface area (Å²) in [5.41, 5.74) is 14.0. The van der Waals surface area contributed by atoms with Gasteiger partial charge in [-0.2, -0.15) is 0 Å². The molecule has 156 valence electrons. The van der Waals surface area contributed by atoms with Crippen LogP contribution < -0.4 is 5.73 Å². The molecule has 0 fully saturated rings. The van der Waals surface area contributed by atoms with Gasteiger partial charge in [0.2, 0.25) is 0 Å². The Kier molecular flexibility index (Phi) is 3.92. The predicted molar refractivity (Wildman–Crippen MR) is 113 cm³/mol. The van der Waals surface area contributed by atoms with E-state index in [9.17, 15) is 9.50 Å². The Balaban J connectivity index is 1.58. The molecule has 30 heavy (non-hydrogen) atoms. The summed E-state index contributed by atoms with van der Waals surface area (Å²) >= 11 is 0. The van der Waals surface area contributed by atoms with E-state index in [4.69, 9.17) is 15.5 Å². The summed E-state index contributed by atoms with van der Waals surface area (Å²) in [5.74, 6) is -0.248. The lowest BCUT2D eigenvalue weighted by molar-refractivity contribution is -0.0311. The lowest BCUT2D eigenvalue weighted by Crippen LogP contribution is -2.43. The number of hydrogen-bond donors (Lipinski definition) is 2. The van der Waals surface area contributed by atoms with Gasteiger partial charge < -0.3 is 20.5 Å². The molecule has 1 aliphatic carbocycles. The molecule has 0 saturated heterocycles. The molecule has 0 amide bonds. The van der Waals surface area contributed by atoms with E-state index in [-0.39, 0.29) is 12.4 Å². The van der Waals surface area contributed by atoms with Crippen molar-refractivity contribution in [2.75, 3.05) is 19.8 Å². The zero-order valence-corrected chi connectivity index (χ0v) is 17.2. The lowest BCUT2D eigenvalue weighted by Gasteiger charge is -2.39. The molecule has 4 aliphatic rings. The molecular formula is C24H26FN3O2. The van der Waals surface area contributed by atoms with Crippen molar-refractivity contribution in [1.82, 2.24) is 9.88 Å². The number of aromatic nitrogens is 1. The van der Waals surface area contributed by atoms with E-state index in [1.165, 1.54) is 11.1 Å². The van der Waals surface area contributed by atoms with Crippen LogP contribution in [0, 0.1) is 5.82 Å². The highest BCUT2D eigenvalue weighted by atomic mass is 19.1. The van der Waals surface area contributed by atoms with Gasteiger partial charge in [-0.25, -0.2) is 9.37 Å². The Labute approximate surface area is 175 Å². The third-order valence-corrected chi connectivity index (χ3v) is 7.40. The summed E-state index contributed by atoms with van der Waals surface area (Å²) in [6, 6.07) is 1.56. The first-order valence-corrected chi connectivity index (χ1v) is 10.9. The van der Waals surface area contributed by atoms with Crippen LogP contribution in [0.4, 0.5) is 4.39 Å². The number of fused-ring (bicyclic) bond motifs is 4. The van der Waals surface area contributed by atoms with Crippen molar-refractivity contribution in [3.8, 4) is 0 Å². The van der Waals surface area contributed by atoms with Gasteiger partial charge in [-0.15, -0.1) is 0 Å². The molecule has 1 atom stereocenters. The van der Waals surface area contributed by atoms with Gasteiger partial charge in [-0.05, 0) is 54.0 Å². The maximum absolute atomic E-state index is 14.8. The number of nitrogens with two attached hydrogens (primary N) is 1. The van der Waals surface area contributed by atoms with Crippen molar-refractivity contribution in [3.63, 3.8) is 0 Å². The molecule has 0 bridgehead atoms. The van der Waals surface area contributed by atoms with Gasteiger partial charge in [0.1, 0.15) is 11.4 Å². The second-order valence-corrected chi connectivity index (χ2v) is 8.97. The van der Waals surface area contributed by atoms with Crippen LogP contribution in [0.5, 0.6) is 0 Å². The Morgan fingerprint density at radius 2 is 2.10 bits per heavy atom. The van der Waals surface area contributed by atoms with E-state index in [0.717, 1.165) is 71.4 Å². The van der Waals surface area contributed by atoms with Crippen molar-refractivity contribution in [2.24, 2.45) is 5.73 Å². The van der Waals surface area contributed by atoms with Crippen LogP contribution in [0.2, 0.25) is 0 Å². The number of pyridine rings is 1. The van der Waals surface area contributed by atoms with E-state index in [0.29, 0.717) is 25.2 Å². The molecule has 3 aliphatic heterocycles. The molecule has 0 unspecified atom stereocenters. The first kappa shape index (κ1) is 18.5. The molecule has 2 aromatic rings. The second-order valence-electron chi connectivity index (χ2n) is 8.97. The molecular weight excluding hydrogens is 381 g/mol. The van der Waals surface area contributed by atoms with Crippen LogP contribution in [0.15, 0.2) is 23.3 Å². The van der Waals surface area contributed by atoms with E-state index in [2.05, 4.69) is 11.0 Å². The molecule has 0 saturated carbocycles. The van der Waals surface area contributed by atoms with Crippen LogP contribution >= 0.6 is 0 Å². The number of halogens is 1. The highest BCUT2D eigenvalue weighted by Gasteiger charge is 2.41. The molecule has 6 rings (SSSR count). The smallest absolute Gasteiger partial charge is 0.130 e. The fourth-order valence-corrected chi connectivity index (χ4v) is 5.81. The van der Waals surface area contributed by atoms with Gasteiger partial charge in [-0.1, -0.05) is 6.92 Å². The standard InChI is InChI=1S/C24H26FN3O2/c1-2-24(29)12-30-11-13-9-28-10-17-15-5-3-4-14-16(8-26)19(25)7-20(22(14)15)27-23(17)21(28)6-18(13)24/h6-7,29H,2-5,8-12,26H2,1H3/t24-/m1/s1. The highest BCUT2D eigenvalue weighted by molar-refractivity contribution is 5.92. The van der Waals surface area contributed by atoms with Crippen LogP contribution in [-0.2, 0) is 30.7 Å². The predicted octanol–water partition coefficient (Wildman–Crippen LogP) is 2.96. The largest absolute Gasteiger partial charge is 0.383 e. The zero-order chi connectivity index (χ0) is 20.6. The molecule has 6 heteroatoms. The van der Waals surface area contributed by atoms with Crippen molar-refractivity contribution < 1.29 is 14.2 Å². The number of benzene rings is 1. The molecule has 3 N–H and O–H groups in total. The normalized spacial score (nSPS) is 24.7. The van der Waals surface area contributed by atoms with Gasteiger partial charge in [0.25, 0.3) is 0 Å². The first-order chi connectivity index (χ1) is 14.5. The number of aryl methyl sites for hydroxylation is 2. The molecule has 5 nitrogen and oxygen atoms in total. The third kappa shape index (κ3) is 2.35. The summed E-state index contributed by atoms with van der Waals surface area (Å²) < 4.78 is 20.5. The van der Waals surface area contributed by atoms with E-state index >= 15 is 0 Å². The van der Waals surface area contributed by atoms with Gasteiger partial charge in [0, 0.05) is 42.2 Å². The Morgan fingerprint density at radius 1 is 1.27 bits per heavy atom. The van der Waals surface area contributed by atoms with Crippen molar-refractivity contribution >= 4 is 16.6 Å². The van der Waals surface area contributed by atoms with Crippen LogP contribution in [0.25, 0.3) is 16.6 Å². The van der Waals surface area contributed by atoms with E-state index in [1.54, 1.807) is 6.07 Å². The summed E-state index contributed by atoms with van der Waals surface area (Å²) in [7, 11) is 0. The van der Waals surface area contributed by atoms with Gasteiger partial charge in [0.15, 0.2) is 0 Å². The Morgan fingerprint density at radius 3 is 2.90 bits per heavy atom. The number of rotatable bonds is 2. The number of hydrogen-bond acceptors (Lipinski definition) is 5. The SMILES string of the molecule is CC[C@@]1(O)COCC2=C1C=C1c3nc4cc(F)c(CN)c5c4c(c3CN1C2)CCC5. The van der Waals surface area contributed by atoms with Gasteiger partial charge in [0.05, 0.1) is 30.1 Å². The number of ether oxygens (including phenoxy) is 1. The average Bonchev–Trinajstić information content (AvgIpc) is 3.11. The molecule has 0 spiro atoms. The maximum Gasteiger partial charge on any atom is 0.130 e. The van der Waals surface area contributed by atoms with Crippen molar-refractivity contribution in [3.05, 3.63) is 57.1 Å². The Hall–Kier alpha value is -2.28. The summed E-state index contributed by atoms with van der Waals surface area (Å²) in [4.78, 5) is 7.29. The lowest BCUT2D eigenvalue weighted by atomic mass is 9.83. The minimum atomic E-state index is -0.949. The minimum Gasteiger partial charge on any atom is -0.383 e. The van der Waals surface area contributed by atoms with Gasteiger partial charge in [-0.3, -0.25) is 0 Å². The van der Waals surface area contributed by atoms with E-state index < -0.39 is 5.60 Å². The molecule has 4 heterocycles. The highest BCUT2D eigenvalue weighted by Crippen LogP contribution is 2.45. The molecule has 1 aromatic heterocycles.